The zero-order valence-electron chi connectivity index (χ0n) is 17.9. The smallest absolute Gasteiger partial charge is 0.251 e. The van der Waals surface area contributed by atoms with Gasteiger partial charge in [-0.3, -0.25) is 9.59 Å². The first-order valence-corrected chi connectivity index (χ1v) is 12.0. The number of nitrogens with zero attached hydrogens (tertiary/aromatic N) is 1. The van der Waals surface area contributed by atoms with Crippen LogP contribution >= 0.6 is 0 Å². The van der Waals surface area contributed by atoms with Gasteiger partial charge >= 0.3 is 0 Å². The van der Waals surface area contributed by atoms with Gasteiger partial charge in [-0.1, -0.05) is 35.9 Å². The molecule has 0 bridgehead atoms. The molecule has 0 aliphatic carbocycles. The maximum atomic E-state index is 12.8. The Morgan fingerprint density at radius 2 is 1.77 bits per heavy atom. The van der Waals surface area contributed by atoms with Gasteiger partial charge in [0.1, 0.15) is 6.04 Å². The number of piperidine rings is 1. The maximum Gasteiger partial charge on any atom is 0.251 e. The Kier molecular flexibility index (Phi) is 7.46. The highest BCUT2D eigenvalue weighted by Gasteiger charge is 2.28. The van der Waals surface area contributed by atoms with Crippen LogP contribution in [-0.2, 0) is 14.8 Å². The SMILES string of the molecule is Cc1ccc(S(=O)(=O)NCC2CCCN(C(=O)C(C)NC(=O)c3ccccc3)C2)cc1. The second-order valence-corrected chi connectivity index (χ2v) is 9.79. The van der Waals surface area contributed by atoms with Gasteiger partial charge in [-0.15, -0.1) is 0 Å². The molecule has 2 N–H and O–H groups in total. The Labute approximate surface area is 183 Å². The second kappa shape index (κ2) is 10.1. The van der Waals surface area contributed by atoms with Crippen LogP contribution < -0.4 is 10.0 Å². The first-order valence-electron chi connectivity index (χ1n) is 10.5. The molecule has 8 heteroatoms. The van der Waals surface area contributed by atoms with Gasteiger partial charge in [0, 0.05) is 25.2 Å². The van der Waals surface area contributed by atoms with Crippen molar-refractivity contribution in [1.82, 2.24) is 14.9 Å². The van der Waals surface area contributed by atoms with Crippen molar-refractivity contribution < 1.29 is 18.0 Å². The third kappa shape index (κ3) is 6.15. The van der Waals surface area contributed by atoms with E-state index in [0.29, 0.717) is 18.7 Å². The topological polar surface area (TPSA) is 95.6 Å². The molecule has 0 aromatic heterocycles. The number of amides is 2. The summed E-state index contributed by atoms with van der Waals surface area (Å²) in [6.07, 6.45) is 1.63. The van der Waals surface area contributed by atoms with Gasteiger partial charge in [0.25, 0.3) is 5.91 Å². The predicted octanol–water partition coefficient (Wildman–Crippen LogP) is 2.33. The van der Waals surface area contributed by atoms with Crippen molar-refractivity contribution in [3.63, 3.8) is 0 Å². The quantitative estimate of drug-likeness (QED) is 0.687. The molecule has 0 spiro atoms. The first kappa shape index (κ1) is 23.0. The van der Waals surface area contributed by atoms with Crippen LogP contribution in [0, 0.1) is 12.8 Å². The summed E-state index contributed by atoms with van der Waals surface area (Å²) in [6, 6.07) is 14.8. The van der Waals surface area contributed by atoms with Crippen LogP contribution in [0.15, 0.2) is 59.5 Å². The molecule has 2 atom stereocenters. The molecular formula is C23H29N3O4S. The van der Waals surface area contributed by atoms with E-state index in [9.17, 15) is 18.0 Å². The maximum absolute atomic E-state index is 12.8. The summed E-state index contributed by atoms with van der Waals surface area (Å²) in [5.74, 6) is -0.425. The van der Waals surface area contributed by atoms with Gasteiger partial charge in [0.15, 0.2) is 0 Å². The highest BCUT2D eigenvalue weighted by Crippen LogP contribution is 2.18. The van der Waals surface area contributed by atoms with Gasteiger partial charge in [0.2, 0.25) is 15.9 Å². The molecule has 3 rings (SSSR count). The van der Waals surface area contributed by atoms with Crippen LogP contribution in [0.4, 0.5) is 0 Å². The Hall–Kier alpha value is -2.71. The zero-order chi connectivity index (χ0) is 22.4. The third-order valence-corrected chi connectivity index (χ3v) is 6.92. The van der Waals surface area contributed by atoms with E-state index in [4.69, 9.17) is 0 Å². The summed E-state index contributed by atoms with van der Waals surface area (Å²) in [4.78, 5) is 27.1. The molecule has 0 radical (unpaired) electrons. The lowest BCUT2D eigenvalue weighted by Gasteiger charge is -2.34. The fourth-order valence-electron chi connectivity index (χ4n) is 3.67. The van der Waals surface area contributed by atoms with E-state index < -0.39 is 16.1 Å². The third-order valence-electron chi connectivity index (χ3n) is 5.48. The van der Waals surface area contributed by atoms with Gasteiger partial charge in [0.05, 0.1) is 4.90 Å². The van der Waals surface area contributed by atoms with E-state index in [1.54, 1.807) is 60.4 Å². The number of carbonyl (C=O) groups is 2. The lowest BCUT2D eigenvalue weighted by molar-refractivity contribution is -0.134. The van der Waals surface area contributed by atoms with E-state index in [0.717, 1.165) is 18.4 Å². The van der Waals surface area contributed by atoms with E-state index in [1.807, 2.05) is 13.0 Å². The molecule has 2 amide bonds. The number of likely N-dealkylation sites (tertiary alicyclic amines) is 1. The number of benzene rings is 2. The van der Waals surface area contributed by atoms with Crippen molar-refractivity contribution in [2.75, 3.05) is 19.6 Å². The van der Waals surface area contributed by atoms with Crippen LogP contribution in [0.5, 0.6) is 0 Å². The number of hydrogen-bond donors (Lipinski definition) is 2. The lowest BCUT2D eigenvalue weighted by atomic mass is 9.98. The Morgan fingerprint density at radius 1 is 1.10 bits per heavy atom. The number of sulfonamides is 1. The first-order chi connectivity index (χ1) is 14.8. The van der Waals surface area contributed by atoms with Crippen LogP contribution in [0.25, 0.3) is 0 Å². The summed E-state index contributed by atoms with van der Waals surface area (Å²) in [5.41, 5.74) is 1.50. The molecule has 1 aliphatic rings. The summed E-state index contributed by atoms with van der Waals surface area (Å²) >= 11 is 0. The van der Waals surface area contributed by atoms with Gasteiger partial charge in [-0.25, -0.2) is 13.1 Å². The number of carbonyl (C=O) groups excluding carboxylic acids is 2. The van der Waals surface area contributed by atoms with Crippen molar-refractivity contribution in [3.05, 3.63) is 65.7 Å². The van der Waals surface area contributed by atoms with Crippen LogP contribution in [0.1, 0.15) is 35.7 Å². The van der Waals surface area contributed by atoms with E-state index in [1.165, 1.54) is 0 Å². The number of hydrogen-bond acceptors (Lipinski definition) is 4. The molecular weight excluding hydrogens is 414 g/mol. The van der Waals surface area contributed by atoms with Crippen molar-refractivity contribution in [3.8, 4) is 0 Å². The highest BCUT2D eigenvalue weighted by atomic mass is 32.2. The molecule has 1 fully saturated rings. The molecule has 7 nitrogen and oxygen atoms in total. The molecule has 1 aliphatic heterocycles. The largest absolute Gasteiger partial charge is 0.341 e. The van der Waals surface area contributed by atoms with Crippen molar-refractivity contribution in [1.29, 1.82) is 0 Å². The zero-order valence-corrected chi connectivity index (χ0v) is 18.7. The fraction of sp³-hybridized carbons (Fsp3) is 0.391. The molecule has 166 valence electrons. The Bertz CT molecular complexity index is 1010. The lowest BCUT2D eigenvalue weighted by Crippen LogP contribution is -2.51. The van der Waals surface area contributed by atoms with E-state index in [2.05, 4.69) is 10.0 Å². The van der Waals surface area contributed by atoms with Gasteiger partial charge < -0.3 is 10.2 Å². The minimum Gasteiger partial charge on any atom is -0.341 e. The van der Waals surface area contributed by atoms with E-state index >= 15 is 0 Å². The van der Waals surface area contributed by atoms with Gasteiger partial charge in [-0.05, 0) is 56.9 Å². The predicted molar refractivity (Wildman–Crippen MR) is 119 cm³/mol. The Morgan fingerprint density at radius 3 is 2.45 bits per heavy atom. The highest BCUT2D eigenvalue weighted by molar-refractivity contribution is 7.89. The van der Waals surface area contributed by atoms with Crippen LogP contribution in [0.3, 0.4) is 0 Å². The molecule has 2 aromatic carbocycles. The number of nitrogens with one attached hydrogen (secondary N) is 2. The normalized spacial score (nSPS) is 17.7. The monoisotopic (exact) mass is 443 g/mol. The second-order valence-electron chi connectivity index (χ2n) is 8.02. The standard InChI is InChI=1S/C23H29N3O4S/c1-17-10-12-21(13-11-17)31(29,30)24-15-19-7-6-14-26(16-19)23(28)18(2)25-22(27)20-8-4-3-5-9-20/h3-5,8-13,18-19,24H,6-7,14-16H2,1-2H3,(H,25,27). The summed E-state index contributed by atoms with van der Waals surface area (Å²) < 4.78 is 27.7. The molecule has 1 saturated heterocycles. The minimum atomic E-state index is -3.59. The van der Waals surface area contributed by atoms with Gasteiger partial charge in [-0.2, -0.15) is 0 Å². The number of rotatable bonds is 7. The molecule has 2 aromatic rings. The van der Waals surface area contributed by atoms with Crippen molar-refractivity contribution in [2.24, 2.45) is 5.92 Å². The van der Waals surface area contributed by atoms with Crippen LogP contribution in [-0.4, -0.2) is 50.8 Å². The van der Waals surface area contributed by atoms with E-state index in [-0.39, 0.29) is 29.2 Å². The average Bonchev–Trinajstić information content (AvgIpc) is 2.78. The molecule has 31 heavy (non-hydrogen) atoms. The van der Waals surface area contributed by atoms with Crippen molar-refractivity contribution >= 4 is 21.8 Å². The Balaban J connectivity index is 1.54. The average molecular weight is 444 g/mol. The summed E-state index contributed by atoms with van der Waals surface area (Å²) in [5, 5.41) is 2.75. The molecule has 0 saturated carbocycles. The molecule has 1 heterocycles. The van der Waals surface area contributed by atoms with Crippen molar-refractivity contribution in [2.45, 2.75) is 37.6 Å². The molecule has 2 unspecified atom stereocenters. The number of aryl methyl sites for hydroxylation is 1. The summed E-state index contributed by atoms with van der Waals surface area (Å²) in [7, 11) is -3.59. The summed E-state index contributed by atoms with van der Waals surface area (Å²) in [6.45, 7) is 4.91. The van der Waals surface area contributed by atoms with Crippen LogP contribution in [0.2, 0.25) is 0 Å². The fourth-order valence-corrected chi connectivity index (χ4v) is 4.78. The minimum absolute atomic E-state index is 0.0231.